The zero-order chi connectivity index (χ0) is 14.4. The van der Waals surface area contributed by atoms with E-state index in [4.69, 9.17) is 0 Å². The summed E-state index contributed by atoms with van der Waals surface area (Å²) in [5.74, 6) is 0.412. The highest BCUT2D eigenvalue weighted by molar-refractivity contribution is 5.91. The summed E-state index contributed by atoms with van der Waals surface area (Å²) >= 11 is 0. The van der Waals surface area contributed by atoms with Crippen LogP contribution >= 0.6 is 0 Å². The second-order valence-corrected chi connectivity index (χ2v) is 5.49. The number of nitrogens with zero attached hydrogens (tertiary/aromatic N) is 2. The molecule has 1 fully saturated rings. The molecule has 0 atom stereocenters. The molecule has 20 heavy (non-hydrogen) atoms. The van der Waals surface area contributed by atoms with E-state index in [1.165, 1.54) is 48.9 Å². The van der Waals surface area contributed by atoms with Crippen molar-refractivity contribution in [3.05, 3.63) is 28.2 Å². The van der Waals surface area contributed by atoms with E-state index in [1.54, 1.807) is 0 Å². The van der Waals surface area contributed by atoms with Crippen molar-refractivity contribution in [2.75, 3.05) is 6.54 Å². The zero-order valence-electron chi connectivity index (χ0n) is 12.1. The Labute approximate surface area is 119 Å². The van der Waals surface area contributed by atoms with E-state index >= 15 is 0 Å². The fourth-order valence-electron chi connectivity index (χ4n) is 2.66. The van der Waals surface area contributed by atoms with Crippen LogP contribution in [-0.4, -0.2) is 22.2 Å². The predicted molar refractivity (Wildman–Crippen MR) is 77.7 cm³/mol. The highest BCUT2D eigenvalue weighted by Crippen LogP contribution is 2.22. The second-order valence-electron chi connectivity index (χ2n) is 5.49. The number of rotatable bonds is 5. The van der Waals surface area contributed by atoms with Crippen molar-refractivity contribution in [3.8, 4) is 0 Å². The van der Waals surface area contributed by atoms with E-state index < -0.39 is 0 Å². The number of aryl methyl sites for hydroxylation is 1. The molecule has 0 aliphatic heterocycles. The first kappa shape index (κ1) is 14.8. The van der Waals surface area contributed by atoms with Gasteiger partial charge in [0.2, 0.25) is 0 Å². The Morgan fingerprint density at radius 1 is 1.35 bits per heavy atom. The molecule has 1 aromatic heterocycles. The van der Waals surface area contributed by atoms with Crippen LogP contribution in [0.2, 0.25) is 0 Å². The molecular formula is C15H23N3O2. The highest BCUT2D eigenvalue weighted by atomic mass is 16.2. The fraction of sp³-hybridized carbons (Fsp3) is 0.667. The largest absolute Gasteiger partial charge is 0.350 e. The molecule has 1 amide bonds. The molecule has 1 N–H and O–H groups in total. The SMILES string of the molecule is CCCn1nc(C(=O)NCC2CCCCC2)ccc1=O. The number of hydrogen-bond donors (Lipinski definition) is 1. The van der Waals surface area contributed by atoms with Crippen LogP contribution in [0.25, 0.3) is 0 Å². The summed E-state index contributed by atoms with van der Waals surface area (Å²) in [6.07, 6.45) is 7.06. The maximum atomic E-state index is 12.1. The smallest absolute Gasteiger partial charge is 0.271 e. The maximum Gasteiger partial charge on any atom is 0.271 e. The van der Waals surface area contributed by atoms with E-state index in [0.29, 0.717) is 24.7 Å². The highest BCUT2D eigenvalue weighted by Gasteiger charge is 2.15. The molecule has 0 unspecified atom stereocenters. The van der Waals surface area contributed by atoms with Crippen LogP contribution in [0.4, 0.5) is 0 Å². The monoisotopic (exact) mass is 277 g/mol. The minimum atomic E-state index is -0.180. The predicted octanol–water partition coefficient (Wildman–Crippen LogP) is 1.96. The molecule has 0 radical (unpaired) electrons. The summed E-state index contributed by atoms with van der Waals surface area (Å²) in [5.41, 5.74) is 0.171. The summed E-state index contributed by atoms with van der Waals surface area (Å²) in [6.45, 7) is 3.24. The molecule has 0 bridgehead atoms. The van der Waals surface area contributed by atoms with Gasteiger partial charge in [0, 0.05) is 19.2 Å². The van der Waals surface area contributed by atoms with Gasteiger partial charge >= 0.3 is 0 Å². The fourth-order valence-corrected chi connectivity index (χ4v) is 2.66. The standard InChI is InChI=1S/C15H23N3O2/c1-2-10-18-14(19)9-8-13(17-18)15(20)16-11-12-6-4-3-5-7-12/h8-9,12H,2-7,10-11H2,1H3,(H,16,20). The summed E-state index contributed by atoms with van der Waals surface area (Å²) in [4.78, 5) is 23.6. The first-order valence-electron chi connectivity index (χ1n) is 7.57. The minimum Gasteiger partial charge on any atom is -0.350 e. The lowest BCUT2D eigenvalue weighted by atomic mass is 9.89. The number of hydrogen-bond acceptors (Lipinski definition) is 3. The zero-order valence-corrected chi connectivity index (χ0v) is 12.1. The number of aromatic nitrogens is 2. The van der Waals surface area contributed by atoms with Crippen molar-refractivity contribution in [2.24, 2.45) is 5.92 Å². The molecule has 1 aliphatic carbocycles. The molecular weight excluding hydrogens is 254 g/mol. The number of carbonyl (C=O) groups is 1. The third-order valence-corrected chi connectivity index (χ3v) is 3.81. The van der Waals surface area contributed by atoms with Gasteiger partial charge in [-0.2, -0.15) is 5.10 Å². The van der Waals surface area contributed by atoms with Gasteiger partial charge in [0.25, 0.3) is 11.5 Å². The Bertz CT molecular complexity index is 504. The van der Waals surface area contributed by atoms with Gasteiger partial charge in [-0.1, -0.05) is 26.2 Å². The van der Waals surface area contributed by atoms with Crippen molar-refractivity contribution < 1.29 is 4.79 Å². The molecule has 0 aromatic carbocycles. The lowest BCUT2D eigenvalue weighted by Gasteiger charge is -2.21. The van der Waals surface area contributed by atoms with Crippen molar-refractivity contribution >= 4 is 5.91 Å². The van der Waals surface area contributed by atoms with Gasteiger partial charge in [-0.25, -0.2) is 4.68 Å². The quantitative estimate of drug-likeness (QED) is 0.895. The van der Waals surface area contributed by atoms with Crippen LogP contribution in [0.3, 0.4) is 0 Å². The molecule has 1 aromatic rings. The van der Waals surface area contributed by atoms with Crippen LogP contribution in [0, 0.1) is 5.92 Å². The molecule has 0 spiro atoms. The van der Waals surface area contributed by atoms with Crippen molar-refractivity contribution in [1.29, 1.82) is 0 Å². The molecule has 0 saturated heterocycles. The topological polar surface area (TPSA) is 64.0 Å². The average molecular weight is 277 g/mol. The Hall–Kier alpha value is -1.65. The van der Waals surface area contributed by atoms with Gasteiger partial charge in [-0.15, -0.1) is 0 Å². The van der Waals surface area contributed by atoms with Crippen molar-refractivity contribution in [2.45, 2.75) is 52.0 Å². The molecule has 1 aliphatic rings. The summed E-state index contributed by atoms with van der Waals surface area (Å²) in [5, 5.41) is 7.06. The van der Waals surface area contributed by atoms with E-state index in [0.717, 1.165) is 6.42 Å². The molecule has 1 heterocycles. The Kier molecular flexibility index (Phi) is 5.32. The number of carbonyl (C=O) groups excluding carboxylic acids is 1. The molecule has 2 rings (SSSR count). The number of amides is 1. The van der Waals surface area contributed by atoms with Crippen LogP contribution in [0.15, 0.2) is 16.9 Å². The summed E-state index contributed by atoms with van der Waals surface area (Å²) in [6, 6.07) is 2.92. The van der Waals surface area contributed by atoms with Crippen LogP contribution < -0.4 is 10.9 Å². The molecule has 5 heteroatoms. The van der Waals surface area contributed by atoms with Gasteiger partial charge in [-0.05, 0) is 31.2 Å². The van der Waals surface area contributed by atoms with E-state index in [1.807, 2.05) is 6.92 Å². The molecule has 5 nitrogen and oxygen atoms in total. The normalized spacial score (nSPS) is 16.1. The van der Waals surface area contributed by atoms with E-state index in [2.05, 4.69) is 10.4 Å². The van der Waals surface area contributed by atoms with Gasteiger partial charge in [0.05, 0.1) is 0 Å². The lowest BCUT2D eigenvalue weighted by Crippen LogP contribution is -2.33. The van der Waals surface area contributed by atoms with Crippen LogP contribution in [0.1, 0.15) is 55.9 Å². The van der Waals surface area contributed by atoms with Gasteiger partial charge in [0.1, 0.15) is 5.69 Å². The summed E-state index contributed by atoms with van der Waals surface area (Å²) < 4.78 is 1.36. The van der Waals surface area contributed by atoms with Crippen LogP contribution in [-0.2, 0) is 6.54 Å². The van der Waals surface area contributed by atoms with E-state index in [-0.39, 0.29) is 11.5 Å². The van der Waals surface area contributed by atoms with Crippen molar-refractivity contribution in [1.82, 2.24) is 15.1 Å². The third kappa shape index (κ3) is 3.92. The number of nitrogens with one attached hydrogen (secondary N) is 1. The van der Waals surface area contributed by atoms with Gasteiger partial charge in [0.15, 0.2) is 0 Å². The first-order chi connectivity index (χ1) is 9.70. The Morgan fingerprint density at radius 2 is 2.10 bits per heavy atom. The average Bonchev–Trinajstić information content (AvgIpc) is 2.48. The Balaban J connectivity index is 1.94. The van der Waals surface area contributed by atoms with Crippen LogP contribution in [0.5, 0.6) is 0 Å². The maximum absolute atomic E-state index is 12.1. The lowest BCUT2D eigenvalue weighted by molar-refractivity contribution is 0.0936. The van der Waals surface area contributed by atoms with Crippen molar-refractivity contribution in [3.63, 3.8) is 0 Å². The summed E-state index contributed by atoms with van der Waals surface area (Å²) in [7, 11) is 0. The van der Waals surface area contributed by atoms with Gasteiger partial charge in [-0.3, -0.25) is 9.59 Å². The third-order valence-electron chi connectivity index (χ3n) is 3.81. The van der Waals surface area contributed by atoms with Gasteiger partial charge < -0.3 is 5.32 Å². The first-order valence-corrected chi connectivity index (χ1v) is 7.57. The molecule has 1 saturated carbocycles. The molecule has 110 valence electrons. The minimum absolute atomic E-state index is 0.157. The van der Waals surface area contributed by atoms with E-state index in [9.17, 15) is 9.59 Å². The Morgan fingerprint density at radius 3 is 2.80 bits per heavy atom. The second kappa shape index (κ2) is 7.22.